The van der Waals surface area contributed by atoms with Crippen molar-refractivity contribution in [1.82, 2.24) is 19.5 Å². The number of carbonyl (C=O) groups excluding carboxylic acids is 2. The molecule has 34 heavy (non-hydrogen) atoms. The van der Waals surface area contributed by atoms with Crippen LogP contribution < -0.4 is 5.32 Å². The highest BCUT2D eigenvalue weighted by Crippen LogP contribution is 2.54. The molecule has 0 radical (unpaired) electrons. The van der Waals surface area contributed by atoms with Crippen LogP contribution in [0.2, 0.25) is 0 Å². The van der Waals surface area contributed by atoms with Crippen LogP contribution in [0.5, 0.6) is 0 Å². The van der Waals surface area contributed by atoms with E-state index in [9.17, 15) is 18.7 Å². The number of carbonyl (C=O) groups is 2. The SMILES string of the molecule is CC(C)[C@@H](NC(=O)OC(C)(C)C)C(=O)N1CCCN(S(O)(O)c2cccc3cnccc23)CC1. The van der Waals surface area contributed by atoms with E-state index in [4.69, 9.17) is 4.74 Å². The topological polar surface area (TPSA) is 115 Å². The van der Waals surface area contributed by atoms with Crippen molar-refractivity contribution in [2.45, 2.75) is 57.6 Å². The van der Waals surface area contributed by atoms with Crippen LogP contribution in [0.4, 0.5) is 4.79 Å². The maximum atomic E-state index is 13.3. The van der Waals surface area contributed by atoms with Gasteiger partial charge in [0.2, 0.25) is 5.91 Å². The average molecular weight is 493 g/mol. The zero-order chi connectivity index (χ0) is 25.1. The van der Waals surface area contributed by atoms with Gasteiger partial charge in [-0.05, 0) is 45.2 Å². The van der Waals surface area contributed by atoms with Gasteiger partial charge in [-0.15, -0.1) is 10.8 Å². The molecular weight excluding hydrogens is 456 g/mol. The molecule has 0 unspecified atom stereocenters. The fourth-order valence-corrected chi connectivity index (χ4v) is 5.72. The first-order valence-corrected chi connectivity index (χ1v) is 13.0. The lowest BCUT2D eigenvalue weighted by Gasteiger charge is -2.43. The average Bonchev–Trinajstić information content (AvgIpc) is 3.02. The third kappa shape index (κ3) is 6.18. The van der Waals surface area contributed by atoms with Crippen molar-refractivity contribution in [2.75, 3.05) is 26.2 Å². The smallest absolute Gasteiger partial charge is 0.408 e. The molecule has 1 aliphatic rings. The van der Waals surface area contributed by atoms with Gasteiger partial charge in [-0.2, -0.15) is 0 Å². The Bertz CT molecular complexity index is 1020. The number of benzene rings is 1. The molecule has 1 aromatic heterocycles. The minimum atomic E-state index is -3.26. The van der Waals surface area contributed by atoms with Gasteiger partial charge in [-0.25, -0.2) is 9.10 Å². The number of pyridine rings is 1. The summed E-state index contributed by atoms with van der Waals surface area (Å²) in [5.41, 5.74) is -0.663. The Balaban J connectivity index is 1.73. The summed E-state index contributed by atoms with van der Waals surface area (Å²) in [6.45, 7) is 10.6. The molecule has 1 aliphatic heterocycles. The molecule has 3 rings (SSSR count). The highest BCUT2D eigenvalue weighted by atomic mass is 32.3. The van der Waals surface area contributed by atoms with Gasteiger partial charge in [-0.3, -0.25) is 18.9 Å². The van der Waals surface area contributed by atoms with Crippen LogP contribution in [0.25, 0.3) is 10.8 Å². The first-order chi connectivity index (χ1) is 15.9. The van der Waals surface area contributed by atoms with Crippen molar-refractivity contribution < 1.29 is 23.4 Å². The summed E-state index contributed by atoms with van der Waals surface area (Å²) in [5, 5.41) is 4.29. The van der Waals surface area contributed by atoms with Crippen LogP contribution in [-0.2, 0) is 9.53 Å². The first-order valence-electron chi connectivity index (χ1n) is 11.5. The second-order valence-corrected chi connectivity index (χ2v) is 11.8. The zero-order valence-electron chi connectivity index (χ0n) is 20.5. The minimum Gasteiger partial charge on any atom is -0.444 e. The fraction of sp³-hybridized carbons (Fsp3) is 0.542. The Morgan fingerprint density at radius 1 is 1.12 bits per heavy atom. The largest absolute Gasteiger partial charge is 0.444 e. The summed E-state index contributed by atoms with van der Waals surface area (Å²) < 4.78 is 29.5. The quantitative estimate of drug-likeness (QED) is 0.569. The molecule has 2 aromatic rings. The number of aromatic nitrogens is 1. The molecule has 2 heterocycles. The van der Waals surface area contributed by atoms with Crippen molar-refractivity contribution in [3.05, 3.63) is 36.7 Å². The van der Waals surface area contributed by atoms with Crippen LogP contribution >= 0.6 is 10.8 Å². The van der Waals surface area contributed by atoms with E-state index in [-0.39, 0.29) is 11.8 Å². The number of hydrogen-bond donors (Lipinski definition) is 3. The van der Waals surface area contributed by atoms with E-state index in [1.54, 1.807) is 60.6 Å². The number of fused-ring (bicyclic) bond motifs is 1. The van der Waals surface area contributed by atoms with Crippen molar-refractivity contribution in [1.29, 1.82) is 0 Å². The van der Waals surface area contributed by atoms with E-state index in [0.29, 0.717) is 37.5 Å². The molecule has 10 heteroatoms. The number of rotatable bonds is 5. The number of hydrogen-bond acceptors (Lipinski definition) is 7. The Labute approximate surface area is 203 Å². The van der Waals surface area contributed by atoms with E-state index in [1.807, 2.05) is 19.9 Å². The van der Waals surface area contributed by atoms with Crippen molar-refractivity contribution >= 4 is 33.5 Å². The third-order valence-electron chi connectivity index (χ3n) is 5.67. The molecule has 9 nitrogen and oxygen atoms in total. The fourth-order valence-electron chi connectivity index (χ4n) is 3.98. The van der Waals surface area contributed by atoms with Gasteiger partial charge in [0.1, 0.15) is 11.6 Å². The summed E-state index contributed by atoms with van der Waals surface area (Å²) in [7, 11) is -3.26. The molecule has 2 amide bonds. The standard InChI is InChI=1S/C24H36N4O5S/c1-17(2)21(26-23(30)33-24(3,4)5)22(29)27-12-7-13-28(15-14-27)34(31,32)20-9-6-8-18-16-25-11-10-19(18)20/h6,8-11,16-17,21,31-32H,7,12-15H2,1-5H3,(H,26,30)/t21-/m1/s1. The Morgan fingerprint density at radius 2 is 1.85 bits per heavy atom. The lowest BCUT2D eigenvalue weighted by Crippen LogP contribution is -2.52. The van der Waals surface area contributed by atoms with E-state index < -0.39 is 28.5 Å². The Kier molecular flexibility index (Phi) is 8.07. The van der Waals surface area contributed by atoms with Gasteiger partial charge in [0.25, 0.3) is 0 Å². The second kappa shape index (κ2) is 10.5. The Morgan fingerprint density at radius 3 is 2.53 bits per heavy atom. The number of nitrogens with one attached hydrogen (secondary N) is 1. The van der Waals surface area contributed by atoms with Crippen LogP contribution in [0, 0.1) is 5.92 Å². The molecule has 188 valence electrons. The van der Waals surface area contributed by atoms with Gasteiger partial charge in [0, 0.05) is 49.3 Å². The minimum absolute atomic E-state index is 0.135. The van der Waals surface area contributed by atoms with Crippen LogP contribution in [0.3, 0.4) is 0 Å². The molecular formula is C24H36N4O5S. The summed E-state index contributed by atoms with van der Waals surface area (Å²) in [4.78, 5) is 31.9. The third-order valence-corrected chi connectivity index (χ3v) is 7.70. The molecule has 0 spiro atoms. The summed E-state index contributed by atoms with van der Waals surface area (Å²) >= 11 is 0. The van der Waals surface area contributed by atoms with Gasteiger partial charge in [0.15, 0.2) is 0 Å². The molecule has 1 aromatic carbocycles. The molecule has 0 saturated carbocycles. The maximum Gasteiger partial charge on any atom is 0.408 e. The number of nitrogens with zero attached hydrogens (tertiary/aromatic N) is 3. The summed E-state index contributed by atoms with van der Waals surface area (Å²) in [5.74, 6) is -0.334. The number of alkyl carbamates (subject to hydrolysis) is 1. The summed E-state index contributed by atoms with van der Waals surface area (Å²) in [6.07, 6.45) is 3.27. The van der Waals surface area contributed by atoms with Crippen LogP contribution in [0.1, 0.15) is 41.0 Å². The lowest BCUT2D eigenvalue weighted by atomic mass is 10.0. The molecule has 1 fully saturated rings. The van der Waals surface area contributed by atoms with Crippen molar-refractivity contribution in [3.8, 4) is 0 Å². The lowest BCUT2D eigenvalue weighted by molar-refractivity contribution is -0.134. The van der Waals surface area contributed by atoms with E-state index >= 15 is 0 Å². The van der Waals surface area contributed by atoms with Crippen LogP contribution in [-0.4, -0.2) is 73.1 Å². The number of amides is 2. The highest BCUT2D eigenvalue weighted by molar-refractivity contribution is 8.22. The highest BCUT2D eigenvalue weighted by Gasteiger charge is 2.34. The second-order valence-electron chi connectivity index (χ2n) is 9.85. The van der Waals surface area contributed by atoms with Gasteiger partial charge < -0.3 is 15.0 Å². The molecule has 0 bridgehead atoms. The predicted octanol–water partition coefficient (Wildman–Crippen LogP) is 4.34. The zero-order valence-corrected chi connectivity index (χ0v) is 21.3. The van der Waals surface area contributed by atoms with Crippen molar-refractivity contribution in [2.24, 2.45) is 5.92 Å². The predicted molar refractivity (Wildman–Crippen MR) is 134 cm³/mol. The molecule has 1 saturated heterocycles. The van der Waals surface area contributed by atoms with Gasteiger partial charge >= 0.3 is 6.09 Å². The van der Waals surface area contributed by atoms with Gasteiger partial charge in [-0.1, -0.05) is 26.0 Å². The van der Waals surface area contributed by atoms with E-state index in [1.165, 1.54) is 0 Å². The monoisotopic (exact) mass is 492 g/mol. The molecule has 1 atom stereocenters. The normalized spacial score (nSPS) is 17.4. The van der Waals surface area contributed by atoms with E-state index in [0.717, 1.165) is 10.8 Å². The number of ether oxygens (including phenoxy) is 1. The van der Waals surface area contributed by atoms with E-state index in [2.05, 4.69) is 10.3 Å². The summed E-state index contributed by atoms with van der Waals surface area (Å²) in [6, 6.07) is 6.45. The Hall–Kier alpha value is -2.40. The molecule has 0 aliphatic carbocycles. The van der Waals surface area contributed by atoms with Crippen LogP contribution in [0.15, 0.2) is 41.6 Å². The van der Waals surface area contributed by atoms with Gasteiger partial charge in [0.05, 0.1) is 4.90 Å². The first kappa shape index (κ1) is 26.2. The molecule has 3 N–H and O–H groups in total. The van der Waals surface area contributed by atoms with Crippen molar-refractivity contribution in [3.63, 3.8) is 0 Å². The maximum absolute atomic E-state index is 13.3.